The first-order valence-electron chi connectivity index (χ1n) is 7.09. The lowest BCUT2D eigenvalue weighted by atomic mass is 10.1. The van der Waals surface area contributed by atoms with Crippen molar-refractivity contribution in [1.82, 2.24) is 10.3 Å². The van der Waals surface area contributed by atoms with Gasteiger partial charge in [-0.15, -0.1) is 5.10 Å². The van der Waals surface area contributed by atoms with Gasteiger partial charge in [0, 0.05) is 0 Å². The normalized spacial score (nSPS) is 15.8. The first kappa shape index (κ1) is 17.0. The standard InChI is InChI=1S/C15H17N3O4S/c1-2-22-14(21)9-18-13(20)10-23-15(18)17-16-12(19)8-11-6-4-3-5-7-11/h3-7H,2,8-10H2,1H3,(H,16,19)/b17-15+. The van der Waals surface area contributed by atoms with E-state index in [2.05, 4.69) is 10.5 Å². The molecule has 1 N–H and O–H groups in total. The molecule has 7 nitrogen and oxygen atoms in total. The molecule has 0 aliphatic carbocycles. The van der Waals surface area contributed by atoms with E-state index in [-0.39, 0.29) is 37.1 Å². The number of esters is 1. The Morgan fingerprint density at radius 1 is 1.35 bits per heavy atom. The largest absolute Gasteiger partial charge is 0.465 e. The molecule has 0 aromatic heterocycles. The molecular weight excluding hydrogens is 318 g/mol. The van der Waals surface area contributed by atoms with Gasteiger partial charge in [-0.2, -0.15) is 0 Å². The second-order valence-electron chi connectivity index (χ2n) is 4.67. The first-order valence-corrected chi connectivity index (χ1v) is 8.08. The molecule has 2 rings (SSSR count). The number of nitrogens with one attached hydrogen (secondary N) is 1. The molecule has 0 spiro atoms. The predicted molar refractivity (Wildman–Crippen MR) is 86.5 cm³/mol. The smallest absolute Gasteiger partial charge is 0.326 e. The van der Waals surface area contributed by atoms with Crippen LogP contribution in [0, 0.1) is 0 Å². The van der Waals surface area contributed by atoms with E-state index in [1.165, 1.54) is 16.7 Å². The Kier molecular flexibility index (Phi) is 6.16. The second-order valence-corrected chi connectivity index (χ2v) is 5.61. The van der Waals surface area contributed by atoms with E-state index < -0.39 is 5.97 Å². The summed E-state index contributed by atoms with van der Waals surface area (Å²) in [5.41, 5.74) is 3.28. The van der Waals surface area contributed by atoms with Gasteiger partial charge in [-0.1, -0.05) is 42.1 Å². The van der Waals surface area contributed by atoms with Crippen molar-refractivity contribution in [3.05, 3.63) is 35.9 Å². The number of hydrazone groups is 1. The zero-order valence-electron chi connectivity index (χ0n) is 12.7. The van der Waals surface area contributed by atoms with Crippen molar-refractivity contribution >= 4 is 34.7 Å². The zero-order chi connectivity index (χ0) is 16.7. The number of carbonyl (C=O) groups excluding carboxylic acids is 3. The van der Waals surface area contributed by atoms with Crippen LogP contribution in [-0.4, -0.2) is 46.8 Å². The van der Waals surface area contributed by atoms with Gasteiger partial charge in [0.1, 0.15) is 6.54 Å². The molecular formula is C15H17N3O4S. The van der Waals surface area contributed by atoms with Gasteiger partial charge in [-0.25, -0.2) is 5.43 Å². The van der Waals surface area contributed by atoms with Gasteiger partial charge >= 0.3 is 5.97 Å². The van der Waals surface area contributed by atoms with Crippen molar-refractivity contribution in [2.75, 3.05) is 18.9 Å². The molecule has 0 saturated carbocycles. The van der Waals surface area contributed by atoms with Crippen LogP contribution in [0.4, 0.5) is 0 Å². The van der Waals surface area contributed by atoms with E-state index in [9.17, 15) is 14.4 Å². The van der Waals surface area contributed by atoms with E-state index in [0.717, 1.165) is 5.56 Å². The molecule has 1 fully saturated rings. The lowest BCUT2D eigenvalue weighted by Crippen LogP contribution is -2.36. The Morgan fingerprint density at radius 3 is 2.78 bits per heavy atom. The monoisotopic (exact) mass is 335 g/mol. The van der Waals surface area contributed by atoms with Gasteiger partial charge in [0.2, 0.25) is 11.8 Å². The van der Waals surface area contributed by atoms with E-state index >= 15 is 0 Å². The Labute approximate surface area is 138 Å². The average Bonchev–Trinajstić information content (AvgIpc) is 2.87. The predicted octanol–water partition coefficient (Wildman–Crippen LogP) is 0.755. The van der Waals surface area contributed by atoms with Crippen LogP contribution in [0.15, 0.2) is 35.4 Å². The summed E-state index contributed by atoms with van der Waals surface area (Å²) in [7, 11) is 0. The van der Waals surface area contributed by atoms with Gasteiger partial charge < -0.3 is 4.74 Å². The summed E-state index contributed by atoms with van der Waals surface area (Å²) in [4.78, 5) is 36.3. The van der Waals surface area contributed by atoms with Crippen molar-refractivity contribution in [3.8, 4) is 0 Å². The number of thioether (sulfide) groups is 1. The number of carbonyl (C=O) groups is 3. The number of hydrogen-bond acceptors (Lipinski definition) is 6. The summed E-state index contributed by atoms with van der Waals surface area (Å²) in [5.74, 6) is -0.849. The molecule has 1 aliphatic rings. The molecule has 0 unspecified atom stereocenters. The fourth-order valence-corrected chi connectivity index (χ4v) is 2.74. The number of amidine groups is 1. The SMILES string of the molecule is CCOC(=O)CN1C(=O)CS/C1=N/NC(=O)Cc1ccccc1. The fourth-order valence-electron chi connectivity index (χ4n) is 1.90. The first-order chi connectivity index (χ1) is 11.1. The van der Waals surface area contributed by atoms with E-state index in [0.29, 0.717) is 5.17 Å². The lowest BCUT2D eigenvalue weighted by molar-refractivity contribution is -0.145. The van der Waals surface area contributed by atoms with Crippen LogP contribution in [0.1, 0.15) is 12.5 Å². The van der Waals surface area contributed by atoms with Crippen molar-refractivity contribution < 1.29 is 19.1 Å². The van der Waals surface area contributed by atoms with Gasteiger partial charge in [0.05, 0.1) is 18.8 Å². The van der Waals surface area contributed by atoms with Crippen LogP contribution in [0.25, 0.3) is 0 Å². The van der Waals surface area contributed by atoms with Crippen LogP contribution in [0.2, 0.25) is 0 Å². The molecule has 1 aromatic rings. The minimum atomic E-state index is -0.508. The fraction of sp³-hybridized carbons (Fsp3) is 0.333. The summed E-state index contributed by atoms with van der Waals surface area (Å²) >= 11 is 1.17. The van der Waals surface area contributed by atoms with Gasteiger partial charge in [0.25, 0.3) is 0 Å². The topological polar surface area (TPSA) is 88.1 Å². The Balaban J connectivity index is 1.93. The maximum absolute atomic E-state index is 11.9. The highest BCUT2D eigenvalue weighted by molar-refractivity contribution is 8.15. The maximum atomic E-state index is 11.9. The molecule has 2 amide bonds. The molecule has 8 heteroatoms. The van der Waals surface area contributed by atoms with Crippen molar-refractivity contribution in [2.24, 2.45) is 5.10 Å². The summed E-state index contributed by atoms with van der Waals surface area (Å²) in [5, 5.41) is 4.24. The Morgan fingerprint density at radius 2 is 2.09 bits per heavy atom. The average molecular weight is 335 g/mol. The highest BCUT2D eigenvalue weighted by Gasteiger charge is 2.30. The van der Waals surface area contributed by atoms with Gasteiger partial charge in [-0.3, -0.25) is 19.3 Å². The van der Waals surface area contributed by atoms with Crippen molar-refractivity contribution in [3.63, 3.8) is 0 Å². The van der Waals surface area contributed by atoms with Crippen LogP contribution < -0.4 is 5.43 Å². The quantitative estimate of drug-likeness (QED) is 0.612. The molecule has 23 heavy (non-hydrogen) atoms. The lowest BCUT2D eigenvalue weighted by Gasteiger charge is -2.14. The molecule has 0 atom stereocenters. The Bertz CT molecular complexity index is 618. The Hall–Kier alpha value is -2.35. The zero-order valence-corrected chi connectivity index (χ0v) is 13.5. The van der Waals surface area contributed by atoms with Crippen molar-refractivity contribution in [1.29, 1.82) is 0 Å². The second kappa shape index (κ2) is 8.33. The highest BCUT2D eigenvalue weighted by Crippen LogP contribution is 2.18. The van der Waals surface area contributed by atoms with Crippen LogP contribution in [0.3, 0.4) is 0 Å². The number of rotatable bonds is 6. The highest BCUT2D eigenvalue weighted by atomic mass is 32.2. The third-order valence-corrected chi connectivity index (χ3v) is 3.89. The number of hydrogen-bond donors (Lipinski definition) is 1. The maximum Gasteiger partial charge on any atom is 0.326 e. The summed E-state index contributed by atoms with van der Waals surface area (Å²) in [6.07, 6.45) is 0.189. The number of amides is 2. The molecule has 1 saturated heterocycles. The summed E-state index contributed by atoms with van der Waals surface area (Å²) in [6.45, 7) is 1.73. The van der Waals surface area contributed by atoms with Crippen LogP contribution in [0.5, 0.6) is 0 Å². The number of benzene rings is 1. The minimum Gasteiger partial charge on any atom is -0.465 e. The number of ether oxygens (including phenoxy) is 1. The molecule has 0 bridgehead atoms. The van der Waals surface area contributed by atoms with Gasteiger partial charge in [0.15, 0.2) is 5.17 Å². The van der Waals surface area contributed by atoms with E-state index in [1.54, 1.807) is 6.92 Å². The number of nitrogens with zero attached hydrogens (tertiary/aromatic N) is 2. The molecule has 122 valence electrons. The summed E-state index contributed by atoms with van der Waals surface area (Å²) < 4.78 is 4.82. The summed E-state index contributed by atoms with van der Waals surface area (Å²) in [6, 6.07) is 9.25. The third kappa shape index (κ3) is 5.10. The van der Waals surface area contributed by atoms with E-state index in [1.807, 2.05) is 30.3 Å². The minimum absolute atomic E-state index is 0.187. The van der Waals surface area contributed by atoms with Crippen LogP contribution >= 0.6 is 11.8 Å². The van der Waals surface area contributed by atoms with Crippen LogP contribution in [-0.2, 0) is 25.5 Å². The van der Waals surface area contributed by atoms with Gasteiger partial charge in [-0.05, 0) is 12.5 Å². The molecule has 1 heterocycles. The third-order valence-electron chi connectivity index (χ3n) is 2.93. The van der Waals surface area contributed by atoms with E-state index in [4.69, 9.17) is 4.74 Å². The molecule has 1 aliphatic heterocycles. The van der Waals surface area contributed by atoms with Crippen molar-refractivity contribution in [2.45, 2.75) is 13.3 Å². The molecule has 1 aromatic carbocycles. The molecule has 0 radical (unpaired) electrons.